The van der Waals surface area contributed by atoms with Crippen LogP contribution in [0.3, 0.4) is 0 Å². The van der Waals surface area contributed by atoms with Crippen LogP contribution in [-0.4, -0.2) is 23.1 Å². The minimum Gasteiger partial charge on any atom is -0.373 e. The van der Waals surface area contributed by atoms with Gasteiger partial charge in [0.1, 0.15) is 11.6 Å². The molecule has 0 aliphatic carbocycles. The predicted octanol–water partition coefficient (Wildman–Crippen LogP) is 1.95. The van der Waals surface area contributed by atoms with Gasteiger partial charge in [-0.25, -0.2) is 0 Å². The molecule has 4 N–H and O–H groups in total. The van der Waals surface area contributed by atoms with Crippen LogP contribution in [0.4, 0.5) is 17.6 Å². The van der Waals surface area contributed by atoms with Crippen molar-refractivity contribution in [3.63, 3.8) is 0 Å². The van der Waals surface area contributed by atoms with E-state index in [1.54, 1.807) is 0 Å². The average molecular weight is 223 g/mol. The molecule has 0 saturated heterocycles. The summed E-state index contributed by atoms with van der Waals surface area (Å²) in [4.78, 5) is 8.21. The van der Waals surface area contributed by atoms with E-state index in [0.717, 1.165) is 18.1 Å². The van der Waals surface area contributed by atoms with E-state index in [0.29, 0.717) is 12.0 Å². The molecule has 1 aromatic heterocycles. The van der Waals surface area contributed by atoms with Crippen molar-refractivity contribution in [1.82, 2.24) is 9.97 Å². The molecule has 0 aliphatic heterocycles. The fourth-order valence-corrected chi connectivity index (χ4v) is 1.60. The molecule has 5 heteroatoms. The molecular weight excluding hydrogens is 202 g/mol. The maximum atomic E-state index is 5.63. The number of hydrogen-bond acceptors (Lipinski definition) is 5. The monoisotopic (exact) mass is 223 g/mol. The van der Waals surface area contributed by atoms with Gasteiger partial charge in [-0.1, -0.05) is 20.8 Å². The predicted molar refractivity (Wildman–Crippen MR) is 68.5 cm³/mol. The lowest BCUT2D eigenvalue weighted by atomic mass is 10.0. The Hall–Kier alpha value is -1.52. The lowest BCUT2D eigenvalue weighted by Crippen LogP contribution is -2.25. The SMILES string of the molecule is CCC(Nc1cc(NC)nc(N)n1)C(C)C. The molecule has 0 fully saturated rings. The molecule has 0 spiro atoms. The maximum Gasteiger partial charge on any atom is 0.223 e. The highest BCUT2D eigenvalue weighted by atomic mass is 15.1. The normalized spacial score (nSPS) is 12.6. The van der Waals surface area contributed by atoms with E-state index >= 15 is 0 Å². The lowest BCUT2D eigenvalue weighted by Gasteiger charge is -2.21. The van der Waals surface area contributed by atoms with Crippen molar-refractivity contribution in [2.75, 3.05) is 23.4 Å². The quantitative estimate of drug-likeness (QED) is 0.711. The van der Waals surface area contributed by atoms with Crippen molar-refractivity contribution >= 4 is 17.6 Å². The number of rotatable bonds is 5. The molecule has 1 unspecified atom stereocenters. The molecule has 90 valence electrons. The summed E-state index contributed by atoms with van der Waals surface area (Å²) >= 11 is 0. The Balaban J connectivity index is 2.83. The molecule has 0 bridgehead atoms. The first-order valence-electron chi connectivity index (χ1n) is 5.65. The van der Waals surface area contributed by atoms with Gasteiger partial charge in [0.05, 0.1) is 0 Å². The largest absolute Gasteiger partial charge is 0.373 e. The number of aromatic nitrogens is 2. The van der Waals surface area contributed by atoms with Gasteiger partial charge in [-0.3, -0.25) is 0 Å². The van der Waals surface area contributed by atoms with E-state index in [1.807, 2.05) is 13.1 Å². The van der Waals surface area contributed by atoms with Crippen LogP contribution in [0, 0.1) is 5.92 Å². The Kier molecular flexibility index (Phi) is 4.34. The van der Waals surface area contributed by atoms with Gasteiger partial charge in [0, 0.05) is 19.2 Å². The van der Waals surface area contributed by atoms with Crippen LogP contribution in [0.2, 0.25) is 0 Å². The van der Waals surface area contributed by atoms with E-state index in [1.165, 1.54) is 0 Å². The van der Waals surface area contributed by atoms with Gasteiger partial charge >= 0.3 is 0 Å². The standard InChI is InChI=1S/C11H21N5/c1-5-8(7(2)3)14-10-6-9(13-4)15-11(12)16-10/h6-8H,5H2,1-4H3,(H4,12,13,14,15,16). The Morgan fingerprint density at radius 3 is 2.44 bits per heavy atom. The molecule has 1 rings (SSSR count). The van der Waals surface area contributed by atoms with Crippen molar-refractivity contribution in [2.45, 2.75) is 33.2 Å². The summed E-state index contributed by atoms with van der Waals surface area (Å²) in [6.45, 7) is 6.52. The first-order valence-corrected chi connectivity index (χ1v) is 5.65. The van der Waals surface area contributed by atoms with Crippen molar-refractivity contribution < 1.29 is 0 Å². The summed E-state index contributed by atoms with van der Waals surface area (Å²) in [6, 6.07) is 2.26. The molecule has 1 heterocycles. The van der Waals surface area contributed by atoms with Crippen molar-refractivity contribution in [3.8, 4) is 0 Å². The van der Waals surface area contributed by atoms with Crippen LogP contribution >= 0.6 is 0 Å². The van der Waals surface area contributed by atoms with Gasteiger partial charge in [0.2, 0.25) is 5.95 Å². The first-order chi connectivity index (χ1) is 7.56. The molecule has 0 aromatic carbocycles. The second-order valence-corrected chi connectivity index (χ2v) is 4.15. The van der Waals surface area contributed by atoms with Crippen LogP contribution in [0.25, 0.3) is 0 Å². The van der Waals surface area contributed by atoms with E-state index in [-0.39, 0.29) is 5.95 Å². The Morgan fingerprint density at radius 1 is 1.31 bits per heavy atom. The smallest absolute Gasteiger partial charge is 0.223 e. The third-order valence-corrected chi connectivity index (χ3v) is 2.58. The van der Waals surface area contributed by atoms with Gasteiger partial charge in [-0.15, -0.1) is 0 Å². The Labute approximate surface area is 96.9 Å². The summed E-state index contributed by atoms with van der Waals surface area (Å²) < 4.78 is 0. The molecule has 0 aliphatic rings. The van der Waals surface area contributed by atoms with Gasteiger partial charge in [-0.2, -0.15) is 9.97 Å². The Bertz CT molecular complexity index is 337. The molecule has 0 amide bonds. The third-order valence-electron chi connectivity index (χ3n) is 2.58. The van der Waals surface area contributed by atoms with E-state index in [4.69, 9.17) is 5.73 Å². The highest BCUT2D eigenvalue weighted by Crippen LogP contribution is 2.16. The molecular formula is C11H21N5. The van der Waals surface area contributed by atoms with Crippen LogP contribution in [-0.2, 0) is 0 Å². The molecule has 0 radical (unpaired) electrons. The second-order valence-electron chi connectivity index (χ2n) is 4.15. The van der Waals surface area contributed by atoms with Crippen LogP contribution in [0.1, 0.15) is 27.2 Å². The van der Waals surface area contributed by atoms with Gasteiger partial charge in [0.25, 0.3) is 0 Å². The summed E-state index contributed by atoms with van der Waals surface area (Å²) in [5, 5.41) is 6.33. The zero-order valence-corrected chi connectivity index (χ0v) is 10.4. The first kappa shape index (κ1) is 12.5. The minimum absolute atomic E-state index is 0.285. The van der Waals surface area contributed by atoms with Crippen LogP contribution in [0.5, 0.6) is 0 Å². The summed E-state index contributed by atoms with van der Waals surface area (Å²) in [6.07, 6.45) is 1.05. The number of hydrogen-bond donors (Lipinski definition) is 3. The molecule has 16 heavy (non-hydrogen) atoms. The van der Waals surface area contributed by atoms with Crippen molar-refractivity contribution in [2.24, 2.45) is 5.92 Å². The minimum atomic E-state index is 0.285. The van der Waals surface area contributed by atoms with Crippen LogP contribution in [0.15, 0.2) is 6.07 Å². The number of anilines is 3. The fraction of sp³-hybridized carbons (Fsp3) is 0.636. The highest BCUT2D eigenvalue weighted by molar-refractivity contribution is 5.51. The lowest BCUT2D eigenvalue weighted by molar-refractivity contribution is 0.510. The number of nitrogens with zero attached hydrogens (tertiary/aromatic N) is 2. The topological polar surface area (TPSA) is 75.9 Å². The maximum absolute atomic E-state index is 5.63. The zero-order valence-electron chi connectivity index (χ0n) is 10.4. The number of nitrogens with one attached hydrogen (secondary N) is 2. The molecule has 1 aromatic rings. The van der Waals surface area contributed by atoms with E-state index < -0.39 is 0 Å². The summed E-state index contributed by atoms with van der Waals surface area (Å²) in [7, 11) is 1.81. The van der Waals surface area contributed by atoms with Gasteiger partial charge in [-0.05, 0) is 12.3 Å². The molecule has 0 saturated carbocycles. The zero-order chi connectivity index (χ0) is 12.1. The van der Waals surface area contributed by atoms with Crippen molar-refractivity contribution in [1.29, 1.82) is 0 Å². The molecule has 1 atom stereocenters. The Morgan fingerprint density at radius 2 is 1.94 bits per heavy atom. The number of nitrogen functional groups attached to an aromatic ring is 1. The average Bonchev–Trinajstić information content (AvgIpc) is 2.24. The number of nitrogens with two attached hydrogens (primary N) is 1. The molecule has 5 nitrogen and oxygen atoms in total. The van der Waals surface area contributed by atoms with Gasteiger partial charge < -0.3 is 16.4 Å². The summed E-state index contributed by atoms with van der Waals surface area (Å²) in [5.41, 5.74) is 5.63. The fourth-order valence-electron chi connectivity index (χ4n) is 1.60. The highest BCUT2D eigenvalue weighted by Gasteiger charge is 2.12. The van der Waals surface area contributed by atoms with Gasteiger partial charge in [0.15, 0.2) is 0 Å². The second kappa shape index (κ2) is 5.53. The van der Waals surface area contributed by atoms with Crippen LogP contribution < -0.4 is 16.4 Å². The van der Waals surface area contributed by atoms with Crippen molar-refractivity contribution in [3.05, 3.63) is 6.07 Å². The van der Waals surface area contributed by atoms with E-state index in [9.17, 15) is 0 Å². The van der Waals surface area contributed by atoms with E-state index in [2.05, 4.69) is 41.4 Å². The third kappa shape index (κ3) is 3.25. The summed E-state index contributed by atoms with van der Waals surface area (Å²) in [5.74, 6) is 2.35.